The van der Waals surface area contributed by atoms with Crippen molar-refractivity contribution in [2.24, 2.45) is 0 Å². The Morgan fingerprint density at radius 1 is 0.952 bits per heavy atom. The molecule has 3 N–H and O–H groups in total. The van der Waals surface area contributed by atoms with Gasteiger partial charge in [-0.25, -0.2) is 8.78 Å². The average Bonchev–Trinajstić information content (AvgIpc) is 3.51. The minimum atomic E-state index is -1.26. The molecule has 5 heterocycles. The lowest BCUT2D eigenvalue weighted by Crippen LogP contribution is -2.56. The maximum absolute atomic E-state index is 14.0. The number of likely N-dealkylation sites (tertiary alicyclic amines) is 1. The number of amides is 2. The van der Waals surface area contributed by atoms with Gasteiger partial charge in [0.15, 0.2) is 11.6 Å². The van der Waals surface area contributed by atoms with Gasteiger partial charge in [0.2, 0.25) is 11.8 Å². The molecule has 2 amide bonds. The number of aliphatic hydroxyl groups is 2. The summed E-state index contributed by atoms with van der Waals surface area (Å²) in [7, 11) is 0. The Bertz CT molecular complexity index is 1140. The van der Waals surface area contributed by atoms with Crippen molar-refractivity contribution in [2.45, 2.75) is 80.9 Å². The first kappa shape index (κ1) is 29.8. The van der Waals surface area contributed by atoms with Crippen LogP contribution in [0, 0.1) is 11.6 Å². The van der Waals surface area contributed by atoms with Crippen molar-refractivity contribution in [3.8, 4) is 0 Å². The summed E-state index contributed by atoms with van der Waals surface area (Å²) >= 11 is 0. The van der Waals surface area contributed by atoms with Crippen molar-refractivity contribution in [2.75, 3.05) is 52.5 Å². The fraction of sp³-hybridized carbons (Fsp3) is 0.724. The summed E-state index contributed by atoms with van der Waals surface area (Å²) in [5, 5.41) is 24.7. The van der Waals surface area contributed by atoms with Crippen LogP contribution in [0.25, 0.3) is 0 Å². The standard InChI is InChI=1S/C29H40F2N4O7/c30-21-2-1-17(9-22(21)31)12-33-14-20-15-34(5-8-41-20)29(39)23-10-18(13-35(23)19-3-6-40-7-4-19)32-26(36)11-24-27(37)28(38)25(16-33)42-24/h1-2,9,18-20,23-25,27-28,37-38H,3-8,10-16H2,(H,32,36)/t18-,20+,23-,24-,25+,27-,28+/m0/s1. The molecule has 5 saturated heterocycles. The number of benzene rings is 1. The molecule has 6 rings (SSSR count). The molecule has 5 aliphatic rings. The minimum Gasteiger partial charge on any atom is -0.388 e. The Hall–Kier alpha value is -2.26. The highest BCUT2D eigenvalue weighted by atomic mass is 19.2. The molecule has 11 nitrogen and oxygen atoms in total. The maximum Gasteiger partial charge on any atom is 0.240 e. The number of halogens is 2. The predicted octanol–water partition coefficient (Wildman–Crippen LogP) is -0.375. The van der Waals surface area contributed by atoms with Gasteiger partial charge in [0.1, 0.15) is 12.2 Å². The Labute approximate surface area is 243 Å². The van der Waals surface area contributed by atoms with Crippen molar-refractivity contribution in [1.29, 1.82) is 0 Å². The summed E-state index contributed by atoms with van der Waals surface area (Å²) in [6, 6.07) is 3.24. The van der Waals surface area contributed by atoms with E-state index in [0.717, 1.165) is 25.0 Å². The molecular formula is C29H40F2N4O7. The minimum absolute atomic E-state index is 0.0139. The number of carbonyl (C=O) groups is 2. The highest BCUT2D eigenvalue weighted by Gasteiger charge is 2.47. The quantitative estimate of drug-likeness (QED) is 0.430. The van der Waals surface area contributed by atoms with Gasteiger partial charge < -0.3 is 34.6 Å². The van der Waals surface area contributed by atoms with Crippen molar-refractivity contribution in [1.82, 2.24) is 20.0 Å². The first-order valence-electron chi connectivity index (χ1n) is 15.0. The van der Waals surface area contributed by atoms with Gasteiger partial charge in [0.05, 0.1) is 37.4 Å². The van der Waals surface area contributed by atoms with Crippen LogP contribution in [0.5, 0.6) is 0 Å². The number of rotatable bonds is 3. The molecule has 0 aromatic heterocycles. The molecule has 0 radical (unpaired) electrons. The van der Waals surface area contributed by atoms with E-state index in [0.29, 0.717) is 58.0 Å². The van der Waals surface area contributed by atoms with Crippen LogP contribution in [-0.2, 0) is 30.3 Å². The number of nitrogens with zero attached hydrogens (tertiary/aromatic N) is 3. The molecule has 0 spiro atoms. The van der Waals surface area contributed by atoms with E-state index in [2.05, 4.69) is 10.2 Å². The molecule has 7 atom stereocenters. The molecule has 5 fully saturated rings. The van der Waals surface area contributed by atoms with E-state index in [-0.39, 0.29) is 55.6 Å². The lowest BCUT2D eigenvalue weighted by Gasteiger charge is -2.40. The zero-order valence-corrected chi connectivity index (χ0v) is 23.6. The predicted molar refractivity (Wildman–Crippen MR) is 144 cm³/mol. The lowest BCUT2D eigenvalue weighted by molar-refractivity contribution is -0.146. The van der Waals surface area contributed by atoms with Gasteiger partial charge in [0.25, 0.3) is 0 Å². The summed E-state index contributed by atoms with van der Waals surface area (Å²) < 4.78 is 45.3. The van der Waals surface area contributed by atoms with Gasteiger partial charge in [0, 0.05) is 64.6 Å². The van der Waals surface area contributed by atoms with Crippen LogP contribution in [0.1, 0.15) is 31.2 Å². The van der Waals surface area contributed by atoms with Crippen LogP contribution >= 0.6 is 0 Å². The molecule has 13 heteroatoms. The largest absolute Gasteiger partial charge is 0.388 e. The van der Waals surface area contributed by atoms with Crippen LogP contribution < -0.4 is 5.32 Å². The van der Waals surface area contributed by atoms with Gasteiger partial charge in [-0.3, -0.25) is 19.4 Å². The monoisotopic (exact) mass is 594 g/mol. The van der Waals surface area contributed by atoms with E-state index in [1.165, 1.54) is 6.07 Å². The van der Waals surface area contributed by atoms with Gasteiger partial charge in [-0.05, 0) is 37.0 Å². The second-order valence-corrected chi connectivity index (χ2v) is 12.2. The Morgan fingerprint density at radius 2 is 1.74 bits per heavy atom. The number of hydrogen-bond donors (Lipinski definition) is 3. The topological polar surface area (TPSA) is 124 Å². The lowest BCUT2D eigenvalue weighted by atomic mass is 10.0. The van der Waals surface area contributed by atoms with Crippen molar-refractivity contribution < 1.29 is 42.8 Å². The van der Waals surface area contributed by atoms with Gasteiger partial charge >= 0.3 is 0 Å². The van der Waals surface area contributed by atoms with Crippen LogP contribution in [0.3, 0.4) is 0 Å². The molecular weight excluding hydrogens is 554 g/mol. The Kier molecular flexibility index (Phi) is 9.06. The van der Waals surface area contributed by atoms with Crippen molar-refractivity contribution in [3.63, 3.8) is 0 Å². The first-order valence-corrected chi connectivity index (χ1v) is 15.0. The SMILES string of the molecule is O=C1C[C@@H]2O[C@H](CN(Cc3ccc(F)c(F)c3)C[C@@H]3CN(CCO3)C(=O)[C@@H]3C[C@@H](CN3C3CCOCC3)N1)[C@@H](O)[C@H]2O. The number of ether oxygens (including phenoxy) is 3. The maximum atomic E-state index is 14.0. The third-order valence-corrected chi connectivity index (χ3v) is 9.24. The van der Waals surface area contributed by atoms with E-state index in [1.54, 1.807) is 0 Å². The zero-order chi connectivity index (χ0) is 29.4. The number of morpholine rings is 1. The molecule has 0 aliphatic carbocycles. The molecule has 1 aromatic carbocycles. The number of fused-ring (bicyclic) bond motifs is 6. The van der Waals surface area contributed by atoms with Crippen LogP contribution in [0.15, 0.2) is 18.2 Å². The van der Waals surface area contributed by atoms with Crippen molar-refractivity contribution in [3.05, 3.63) is 35.4 Å². The second-order valence-electron chi connectivity index (χ2n) is 12.2. The summed E-state index contributed by atoms with van der Waals surface area (Å²) in [5.74, 6) is -2.21. The molecule has 42 heavy (non-hydrogen) atoms. The van der Waals surface area contributed by atoms with E-state index in [1.807, 2.05) is 9.80 Å². The van der Waals surface area contributed by atoms with Crippen LogP contribution in [0.4, 0.5) is 8.78 Å². The second kappa shape index (κ2) is 12.8. The highest BCUT2D eigenvalue weighted by Crippen LogP contribution is 2.30. The summed E-state index contributed by atoms with van der Waals surface area (Å²) in [6.07, 6.45) is -2.63. The third-order valence-electron chi connectivity index (χ3n) is 9.24. The summed E-state index contributed by atoms with van der Waals surface area (Å²) in [4.78, 5) is 33.0. The Morgan fingerprint density at radius 3 is 2.52 bits per heavy atom. The Balaban J connectivity index is 1.27. The van der Waals surface area contributed by atoms with E-state index in [4.69, 9.17) is 14.2 Å². The van der Waals surface area contributed by atoms with Gasteiger partial charge in [-0.1, -0.05) is 6.07 Å². The first-order chi connectivity index (χ1) is 20.2. The van der Waals surface area contributed by atoms with E-state index < -0.39 is 36.1 Å². The van der Waals surface area contributed by atoms with Gasteiger partial charge in [-0.15, -0.1) is 0 Å². The van der Waals surface area contributed by atoms with Crippen LogP contribution in [0.2, 0.25) is 0 Å². The molecule has 232 valence electrons. The number of hydrogen-bond acceptors (Lipinski definition) is 9. The molecule has 1 aromatic rings. The zero-order valence-electron chi connectivity index (χ0n) is 23.6. The summed E-state index contributed by atoms with van der Waals surface area (Å²) in [6.45, 7) is 3.62. The molecule has 0 unspecified atom stereocenters. The molecule has 6 bridgehead atoms. The normalized spacial score (nSPS) is 35.9. The average molecular weight is 595 g/mol. The van der Waals surface area contributed by atoms with E-state index >= 15 is 0 Å². The summed E-state index contributed by atoms with van der Waals surface area (Å²) in [5.41, 5.74) is 0.514. The molecule has 5 aliphatic heterocycles. The number of carbonyl (C=O) groups excluding carboxylic acids is 2. The fourth-order valence-corrected chi connectivity index (χ4v) is 7.13. The smallest absolute Gasteiger partial charge is 0.240 e. The third kappa shape index (κ3) is 6.47. The van der Waals surface area contributed by atoms with Crippen molar-refractivity contribution >= 4 is 11.8 Å². The van der Waals surface area contributed by atoms with Gasteiger partial charge in [-0.2, -0.15) is 0 Å². The number of nitrogens with one attached hydrogen (secondary N) is 1. The molecule has 0 saturated carbocycles. The van der Waals surface area contributed by atoms with E-state index in [9.17, 15) is 28.6 Å². The highest BCUT2D eigenvalue weighted by molar-refractivity contribution is 5.83. The number of aliphatic hydroxyl groups excluding tert-OH is 2. The fourth-order valence-electron chi connectivity index (χ4n) is 7.13. The van der Waals surface area contributed by atoms with Crippen LogP contribution in [-0.4, -0.2) is 138 Å².